The Kier molecular flexibility index (Phi) is 6.93. The molecule has 1 aliphatic heterocycles. The molecule has 10 heteroatoms. The predicted molar refractivity (Wildman–Crippen MR) is 115 cm³/mol. The number of carbonyl (C=O) groups is 2. The van der Waals surface area contributed by atoms with E-state index in [-0.39, 0.29) is 40.9 Å². The van der Waals surface area contributed by atoms with Gasteiger partial charge in [-0.25, -0.2) is 0 Å². The number of pyridine rings is 1. The molecule has 1 fully saturated rings. The fourth-order valence-electron chi connectivity index (χ4n) is 3.82. The van der Waals surface area contributed by atoms with Crippen LogP contribution in [0.5, 0.6) is 0 Å². The Labute approximate surface area is 183 Å². The van der Waals surface area contributed by atoms with Crippen LogP contribution in [-0.2, 0) is 15.8 Å². The molecule has 0 saturated carbocycles. The average Bonchev–Trinajstić information content (AvgIpc) is 3.23. The number of nitrogen functional groups attached to an aromatic ring is 1. The number of halogens is 3. The van der Waals surface area contributed by atoms with Crippen molar-refractivity contribution in [2.24, 2.45) is 5.92 Å². The summed E-state index contributed by atoms with van der Waals surface area (Å²) in [4.78, 5) is 30.7. The molecule has 2 heterocycles. The number of benzene rings is 1. The molecule has 0 radical (unpaired) electrons. The van der Waals surface area contributed by atoms with Gasteiger partial charge in [0.1, 0.15) is 12.0 Å². The van der Waals surface area contributed by atoms with Crippen LogP contribution in [0.3, 0.4) is 0 Å². The number of aromatic nitrogens is 1. The lowest BCUT2D eigenvalue weighted by Crippen LogP contribution is -2.37. The summed E-state index contributed by atoms with van der Waals surface area (Å²) < 4.78 is 39.1. The molecule has 0 aliphatic carbocycles. The summed E-state index contributed by atoms with van der Waals surface area (Å²) in [6.07, 6.45) is -2.18. The Bertz CT molecular complexity index is 1020. The van der Waals surface area contributed by atoms with E-state index < -0.39 is 11.9 Å². The summed E-state index contributed by atoms with van der Waals surface area (Å²) in [7, 11) is 0. The van der Waals surface area contributed by atoms with Gasteiger partial charge in [0.2, 0.25) is 5.91 Å². The SMILES string of the molecule is CCN(C(=O)C1CCN(CC=O)C1)c1ccc(N)c(C(=N)c2ccnc(C(F)(F)F)c2)c1. The van der Waals surface area contributed by atoms with E-state index in [9.17, 15) is 22.8 Å². The second kappa shape index (κ2) is 9.47. The molecule has 0 spiro atoms. The van der Waals surface area contributed by atoms with Gasteiger partial charge in [-0.3, -0.25) is 20.1 Å². The molecule has 1 saturated heterocycles. The van der Waals surface area contributed by atoms with Crippen molar-refractivity contribution in [1.29, 1.82) is 5.41 Å². The van der Waals surface area contributed by atoms with Crippen LogP contribution in [0.1, 0.15) is 30.2 Å². The van der Waals surface area contributed by atoms with Crippen LogP contribution >= 0.6 is 0 Å². The van der Waals surface area contributed by atoms with Gasteiger partial charge in [0.15, 0.2) is 0 Å². The first-order valence-electron chi connectivity index (χ1n) is 10.1. The van der Waals surface area contributed by atoms with Crippen LogP contribution in [0, 0.1) is 11.3 Å². The molecule has 170 valence electrons. The first-order valence-corrected chi connectivity index (χ1v) is 10.1. The van der Waals surface area contributed by atoms with Gasteiger partial charge in [0.25, 0.3) is 0 Å². The molecule has 1 aromatic carbocycles. The van der Waals surface area contributed by atoms with E-state index >= 15 is 0 Å². The Morgan fingerprint density at radius 2 is 2.09 bits per heavy atom. The second-order valence-corrected chi connectivity index (χ2v) is 7.57. The first-order chi connectivity index (χ1) is 15.2. The lowest BCUT2D eigenvalue weighted by atomic mass is 9.99. The van der Waals surface area contributed by atoms with Crippen LogP contribution in [-0.4, -0.2) is 54.0 Å². The van der Waals surface area contributed by atoms with Gasteiger partial charge in [-0.2, -0.15) is 13.2 Å². The number of rotatable bonds is 7. The quantitative estimate of drug-likeness (QED) is 0.386. The first kappa shape index (κ1) is 23.4. The summed E-state index contributed by atoms with van der Waals surface area (Å²) >= 11 is 0. The maximum Gasteiger partial charge on any atom is 0.433 e. The topological polar surface area (TPSA) is 103 Å². The molecule has 1 aromatic heterocycles. The Morgan fingerprint density at radius 3 is 2.75 bits per heavy atom. The maximum atomic E-state index is 13.1. The molecule has 1 aliphatic rings. The smallest absolute Gasteiger partial charge is 0.398 e. The Morgan fingerprint density at radius 1 is 1.34 bits per heavy atom. The van der Waals surface area contributed by atoms with Crippen molar-refractivity contribution in [3.8, 4) is 0 Å². The van der Waals surface area contributed by atoms with Crippen molar-refractivity contribution in [3.63, 3.8) is 0 Å². The van der Waals surface area contributed by atoms with Crippen molar-refractivity contribution in [3.05, 3.63) is 53.3 Å². The minimum absolute atomic E-state index is 0.0193. The number of nitrogens with zero attached hydrogens (tertiary/aromatic N) is 3. The van der Waals surface area contributed by atoms with Crippen molar-refractivity contribution in [1.82, 2.24) is 9.88 Å². The Hall–Kier alpha value is -3.27. The van der Waals surface area contributed by atoms with Gasteiger partial charge >= 0.3 is 6.18 Å². The molecule has 0 bridgehead atoms. The van der Waals surface area contributed by atoms with Crippen molar-refractivity contribution < 1.29 is 22.8 Å². The minimum atomic E-state index is -4.63. The average molecular weight is 447 g/mol. The van der Waals surface area contributed by atoms with Crippen molar-refractivity contribution in [2.75, 3.05) is 36.8 Å². The summed E-state index contributed by atoms with van der Waals surface area (Å²) in [5.74, 6) is -0.365. The van der Waals surface area contributed by atoms with Gasteiger partial charge in [-0.15, -0.1) is 0 Å². The largest absolute Gasteiger partial charge is 0.433 e. The number of amides is 1. The third-order valence-corrected chi connectivity index (χ3v) is 5.49. The number of nitrogens with one attached hydrogen (secondary N) is 1. The highest BCUT2D eigenvalue weighted by Gasteiger charge is 2.33. The summed E-state index contributed by atoms with van der Waals surface area (Å²) in [6, 6.07) is 6.85. The number of alkyl halides is 3. The van der Waals surface area contributed by atoms with Crippen LogP contribution in [0.25, 0.3) is 0 Å². The summed E-state index contributed by atoms with van der Waals surface area (Å²) in [5.41, 5.74) is 5.69. The fourth-order valence-corrected chi connectivity index (χ4v) is 3.82. The zero-order valence-corrected chi connectivity index (χ0v) is 17.5. The number of aldehydes is 1. The van der Waals surface area contributed by atoms with E-state index in [1.807, 2.05) is 11.8 Å². The van der Waals surface area contributed by atoms with E-state index in [1.54, 1.807) is 17.0 Å². The van der Waals surface area contributed by atoms with Gasteiger partial charge in [0.05, 0.1) is 18.2 Å². The molecule has 1 amide bonds. The normalized spacial score (nSPS) is 16.7. The van der Waals surface area contributed by atoms with E-state index in [0.717, 1.165) is 18.5 Å². The number of nitrogens with two attached hydrogens (primary N) is 1. The molecular formula is C22H24F3N5O2. The fraction of sp³-hybridized carbons (Fsp3) is 0.364. The molecule has 7 nitrogen and oxygen atoms in total. The summed E-state index contributed by atoms with van der Waals surface area (Å²) in [6.45, 7) is 3.62. The molecule has 2 aromatic rings. The van der Waals surface area contributed by atoms with Crippen LogP contribution in [0.15, 0.2) is 36.5 Å². The molecule has 1 unspecified atom stereocenters. The highest BCUT2D eigenvalue weighted by molar-refractivity contribution is 6.14. The van der Waals surface area contributed by atoms with Gasteiger partial charge < -0.3 is 15.4 Å². The maximum absolute atomic E-state index is 13.1. The van der Waals surface area contributed by atoms with E-state index in [1.165, 1.54) is 12.1 Å². The van der Waals surface area contributed by atoms with E-state index in [4.69, 9.17) is 11.1 Å². The minimum Gasteiger partial charge on any atom is -0.398 e. The zero-order chi connectivity index (χ0) is 23.5. The van der Waals surface area contributed by atoms with Crippen molar-refractivity contribution >= 4 is 29.3 Å². The number of likely N-dealkylation sites (tertiary alicyclic amines) is 1. The summed E-state index contributed by atoms with van der Waals surface area (Å²) in [5, 5.41) is 8.44. The molecular weight excluding hydrogens is 423 g/mol. The molecule has 32 heavy (non-hydrogen) atoms. The number of anilines is 2. The molecule has 3 rings (SSSR count). The lowest BCUT2D eigenvalue weighted by Gasteiger charge is -2.25. The predicted octanol–water partition coefficient (Wildman–Crippen LogP) is 2.97. The number of carbonyl (C=O) groups excluding carboxylic acids is 2. The Balaban J connectivity index is 1.88. The standard InChI is InChI=1S/C22H24F3N5O2/c1-2-30(21(32)15-6-8-29(13-15)9-10-31)16-3-4-18(26)17(12-16)20(27)14-5-7-28-19(11-14)22(23,24)25/h3-5,7,10-12,15,27H,2,6,8-9,13,26H2,1H3. The third-order valence-electron chi connectivity index (χ3n) is 5.49. The number of hydrogen-bond donors (Lipinski definition) is 2. The molecule has 3 N–H and O–H groups in total. The lowest BCUT2D eigenvalue weighted by molar-refractivity contribution is -0.141. The monoisotopic (exact) mass is 447 g/mol. The van der Waals surface area contributed by atoms with Crippen molar-refractivity contribution in [2.45, 2.75) is 19.5 Å². The van der Waals surface area contributed by atoms with Crippen LogP contribution in [0.2, 0.25) is 0 Å². The molecule has 1 atom stereocenters. The zero-order valence-electron chi connectivity index (χ0n) is 17.5. The van der Waals surface area contributed by atoms with Crippen LogP contribution < -0.4 is 10.6 Å². The highest BCUT2D eigenvalue weighted by Crippen LogP contribution is 2.30. The van der Waals surface area contributed by atoms with Crippen LogP contribution in [0.4, 0.5) is 24.5 Å². The number of hydrogen-bond acceptors (Lipinski definition) is 6. The van der Waals surface area contributed by atoms with Gasteiger partial charge in [-0.05, 0) is 50.2 Å². The van der Waals surface area contributed by atoms with Gasteiger partial charge in [0, 0.05) is 41.8 Å². The highest BCUT2D eigenvalue weighted by atomic mass is 19.4. The van der Waals surface area contributed by atoms with Gasteiger partial charge in [-0.1, -0.05) is 0 Å². The van der Waals surface area contributed by atoms with E-state index in [2.05, 4.69) is 4.98 Å². The van der Waals surface area contributed by atoms with E-state index in [0.29, 0.717) is 31.7 Å². The second-order valence-electron chi connectivity index (χ2n) is 7.57. The third kappa shape index (κ3) is 4.96.